The van der Waals surface area contributed by atoms with Crippen LogP contribution < -0.4 is 15.8 Å². The van der Waals surface area contributed by atoms with Crippen LogP contribution in [-0.2, 0) is 0 Å². The Morgan fingerprint density at radius 3 is 2.62 bits per heavy atom. The second-order valence-corrected chi connectivity index (χ2v) is 6.04. The Morgan fingerprint density at radius 2 is 2.00 bits per heavy atom. The Labute approximate surface area is 139 Å². The Morgan fingerprint density at radius 1 is 1.29 bits per heavy atom. The minimum atomic E-state index is -0.329. The number of halogens is 2. The predicted molar refractivity (Wildman–Crippen MR) is 89.7 cm³/mol. The number of nitrogens with one attached hydrogen (secondary N) is 1. The van der Waals surface area contributed by atoms with E-state index in [9.17, 15) is 4.79 Å². The smallest absolute Gasteiger partial charge is 0.259 e. The third-order valence-corrected chi connectivity index (χ3v) is 4.08. The maximum atomic E-state index is 12.3. The number of hydrogen-bond donors (Lipinski definition) is 2. The maximum Gasteiger partial charge on any atom is 0.259 e. The van der Waals surface area contributed by atoms with E-state index in [1.54, 1.807) is 25.3 Å². The Kier molecular flexibility index (Phi) is 4.84. The summed E-state index contributed by atoms with van der Waals surface area (Å²) in [5.74, 6) is 0.286. The van der Waals surface area contributed by atoms with E-state index in [2.05, 4.69) is 42.2 Å². The lowest BCUT2D eigenvalue weighted by Crippen LogP contribution is -2.15. The first-order valence-electron chi connectivity index (χ1n) is 5.99. The first kappa shape index (κ1) is 15.8. The van der Waals surface area contributed by atoms with Gasteiger partial charge in [-0.05, 0) is 50.9 Å². The van der Waals surface area contributed by atoms with E-state index in [1.807, 2.05) is 6.92 Å². The summed E-state index contributed by atoms with van der Waals surface area (Å²) in [5.41, 5.74) is 7.91. The number of nitrogens with zero attached hydrogens (tertiary/aromatic N) is 1. The summed E-state index contributed by atoms with van der Waals surface area (Å²) in [4.78, 5) is 16.4. The van der Waals surface area contributed by atoms with Gasteiger partial charge in [0.25, 0.3) is 5.91 Å². The average molecular weight is 415 g/mol. The van der Waals surface area contributed by atoms with Gasteiger partial charge in [0, 0.05) is 28.1 Å². The number of carbonyl (C=O) groups is 1. The summed E-state index contributed by atoms with van der Waals surface area (Å²) in [5, 5.41) is 2.78. The molecule has 1 aromatic heterocycles. The van der Waals surface area contributed by atoms with Crippen LogP contribution in [0.15, 0.2) is 33.3 Å². The highest BCUT2D eigenvalue weighted by Gasteiger charge is 2.14. The van der Waals surface area contributed by atoms with Crippen molar-refractivity contribution in [1.82, 2.24) is 4.98 Å². The zero-order valence-corrected chi connectivity index (χ0v) is 14.6. The van der Waals surface area contributed by atoms with E-state index in [0.29, 0.717) is 22.7 Å². The third kappa shape index (κ3) is 3.54. The van der Waals surface area contributed by atoms with Crippen molar-refractivity contribution in [2.45, 2.75) is 6.92 Å². The molecule has 7 heteroatoms. The van der Waals surface area contributed by atoms with Crippen molar-refractivity contribution in [3.63, 3.8) is 0 Å². The number of pyridine rings is 1. The highest BCUT2D eigenvalue weighted by atomic mass is 79.9. The number of amides is 1. The molecule has 0 fully saturated rings. The average Bonchev–Trinajstić information content (AvgIpc) is 2.41. The minimum absolute atomic E-state index is 0.328. The predicted octanol–water partition coefficient (Wildman–Crippen LogP) is 3.76. The number of anilines is 2. The van der Waals surface area contributed by atoms with Crippen LogP contribution >= 0.6 is 31.9 Å². The fourth-order valence-electron chi connectivity index (χ4n) is 1.74. The van der Waals surface area contributed by atoms with E-state index >= 15 is 0 Å². The van der Waals surface area contributed by atoms with Crippen LogP contribution in [0.3, 0.4) is 0 Å². The molecule has 1 heterocycles. The maximum absolute atomic E-state index is 12.3. The topological polar surface area (TPSA) is 77.2 Å². The van der Waals surface area contributed by atoms with Crippen molar-refractivity contribution in [3.05, 3.63) is 44.6 Å². The van der Waals surface area contributed by atoms with Crippen LogP contribution in [0, 0.1) is 6.92 Å². The van der Waals surface area contributed by atoms with Gasteiger partial charge in [-0.2, -0.15) is 0 Å². The molecule has 1 aromatic carbocycles. The molecular weight excluding hydrogens is 402 g/mol. The van der Waals surface area contributed by atoms with Crippen molar-refractivity contribution in [2.24, 2.45) is 0 Å². The largest absolute Gasteiger partial charge is 0.495 e. The molecule has 0 spiro atoms. The zero-order valence-electron chi connectivity index (χ0n) is 11.4. The van der Waals surface area contributed by atoms with Gasteiger partial charge in [0.2, 0.25) is 0 Å². The lowest BCUT2D eigenvalue weighted by Gasteiger charge is -2.12. The van der Waals surface area contributed by atoms with Gasteiger partial charge in [-0.1, -0.05) is 0 Å². The van der Waals surface area contributed by atoms with E-state index in [1.165, 1.54) is 6.20 Å². The third-order valence-electron chi connectivity index (χ3n) is 2.81. The van der Waals surface area contributed by atoms with Crippen molar-refractivity contribution < 1.29 is 9.53 Å². The Hall–Kier alpha value is -1.60. The highest BCUT2D eigenvalue weighted by molar-refractivity contribution is 9.11. The number of rotatable bonds is 3. The molecule has 0 saturated heterocycles. The molecule has 0 saturated carbocycles. The van der Waals surface area contributed by atoms with Gasteiger partial charge in [0.15, 0.2) is 0 Å². The minimum Gasteiger partial charge on any atom is -0.495 e. The molecule has 5 nitrogen and oxygen atoms in total. The number of ether oxygens (including phenoxy) is 1. The number of aromatic nitrogens is 1. The zero-order chi connectivity index (χ0) is 15.6. The molecule has 0 radical (unpaired) electrons. The molecule has 3 N–H and O–H groups in total. The summed E-state index contributed by atoms with van der Waals surface area (Å²) in [6.45, 7) is 1.81. The van der Waals surface area contributed by atoms with Crippen LogP contribution in [0.5, 0.6) is 5.75 Å². The van der Waals surface area contributed by atoms with E-state index in [4.69, 9.17) is 10.5 Å². The molecule has 0 unspecified atom stereocenters. The summed E-state index contributed by atoms with van der Waals surface area (Å²) >= 11 is 6.77. The molecule has 0 atom stereocenters. The SMILES string of the molecule is COc1cc(NC(=O)c2cnc(C)cc2N)c(Br)cc1Br. The standard InChI is InChI=1S/C14H13Br2N3O2/c1-7-3-11(17)8(6-18-7)14(20)19-12-5-13(21-2)10(16)4-9(12)15/h3-6H,1-2H3,(H2,17,18)(H,19,20). The molecule has 0 aliphatic heterocycles. The lowest BCUT2D eigenvalue weighted by molar-refractivity contribution is 0.102. The summed E-state index contributed by atoms with van der Waals surface area (Å²) in [6, 6.07) is 5.17. The van der Waals surface area contributed by atoms with Crippen molar-refractivity contribution in [2.75, 3.05) is 18.2 Å². The van der Waals surface area contributed by atoms with E-state index in [0.717, 1.165) is 14.6 Å². The van der Waals surface area contributed by atoms with Gasteiger partial charge in [0.1, 0.15) is 5.75 Å². The molecule has 110 valence electrons. The monoisotopic (exact) mass is 413 g/mol. The van der Waals surface area contributed by atoms with Gasteiger partial charge in [-0.15, -0.1) is 0 Å². The molecular formula is C14H13Br2N3O2. The molecule has 0 aliphatic carbocycles. The fraction of sp³-hybridized carbons (Fsp3) is 0.143. The van der Waals surface area contributed by atoms with Crippen molar-refractivity contribution in [1.29, 1.82) is 0 Å². The van der Waals surface area contributed by atoms with Gasteiger partial charge in [-0.25, -0.2) is 0 Å². The van der Waals surface area contributed by atoms with Crippen LogP contribution in [0.2, 0.25) is 0 Å². The molecule has 0 aliphatic rings. The molecule has 2 aromatic rings. The van der Waals surface area contributed by atoms with Crippen molar-refractivity contribution >= 4 is 49.1 Å². The highest BCUT2D eigenvalue weighted by Crippen LogP contribution is 2.34. The van der Waals surface area contributed by atoms with Crippen molar-refractivity contribution in [3.8, 4) is 5.75 Å². The number of nitrogen functional groups attached to an aromatic ring is 1. The van der Waals surface area contributed by atoms with Crippen LogP contribution in [0.25, 0.3) is 0 Å². The van der Waals surface area contributed by atoms with E-state index < -0.39 is 0 Å². The Balaban J connectivity index is 2.31. The number of carbonyl (C=O) groups excluding carboxylic acids is 1. The molecule has 2 rings (SSSR count). The summed E-state index contributed by atoms with van der Waals surface area (Å²) in [6.07, 6.45) is 1.46. The number of benzene rings is 1. The molecule has 0 bridgehead atoms. The molecule has 1 amide bonds. The van der Waals surface area contributed by atoms with Crippen LogP contribution in [0.4, 0.5) is 11.4 Å². The lowest BCUT2D eigenvalue weighted by atomic mass is 10.2. The van der Waals surface area contributed by atoms with Gasteiger partial charge in [-0.3, -0.25) is 9.78 Å². The van der Waals surface area contributed by atoms with Crippen LogP contribution in [-0.4, -0.2) is 18.0 Å². The molecule has 21 heavy (non-hydrogen) atoms. The van der Waals surface area contributed by atoms with E-state index in [-0.39, 0.29) is 5.91 Å². The first-order chi connectivity index (χ1) is 9.92. The fourth-order valence-corrected chi connectivity index (χ4v) is 3.00. The number of methoxy groups -OCH3 is 1. The van der Waals surface area contributed by atoms with Crippen LogP contribution in [0.1, 0.15) is 16.1 Å². The number of nitrogens with two attached hydrogens (primary N) is 1. The van der Waals surface area contributed by atoms with Gasteiger partial charge >= 0.3 is 0 Å². The normalized spacial score (nSPS) is 10.3. The van der Waals surface area contributed by atoms with Gasteiger partial charge in [0.05, 0.1) is 22.8 Å². The Bertz CT molecular complexity index is 705. The number of aryl methyl sites for hydroxylation is 1. The second kappa shape index (κ2) is 6.44. The number of hydrogen-bond acceptors (Lipinski definition) is 4. The second-order valence-electron chi connectivity index (χ2n) is 4.33. The quantitative estimate of drug-likeness (QED) is 0.801. The summed E-state index contributed by atoms with van der Waals surface area (Å²) < 4.78 is 6.72. The summed E-state index contributed by atoms with van der Waals surface area (Å²) in [7, 11) is 1.56. The first-order valence-corrected chi connectivity index (χ1v) is 7.57. The van der Waals surface area contributed by atoms with Gasteiger partial charge < -0.3 is 15.8 Å².